The highest BCUT2D eigenvalue weighted by atomic mass is 79.9. The van der Waals surface area contributed by atoms with E-state index in [0.29, 0.717) is 4.47 Å². The summed E-state index contributed by atoms with van der Waals surface area (Å²) >= 11 is 3.10. The number of carboxylic acids is 1. The Morgan fingerprint density at radius 3 is 2.67 bits per heavy atom. The molecular weight excluding hydrogens is 288 g/mol. The largest absolute Gasteiger partial charge is 0.481 e. The van der Waals surface area contributed by atoms with Gasteiger partial charge in [-0.3, -0.25) is 4.79 Å². The third-order valence-corrected chi connectivity index (χ3v) is 2.25. The Balaban J connectivity index is 0.00000196. The molecule has 3 N–H and O–H groups in total. The van der Waals surface area contributed by atoms with Crippen LogP contribution in [0.5, 0.6) is 0 Å². The molecule has 1 rings (SSSR count). The first kappa shape index (κ1) is 14.3. The Morgan fingerprint density at radius 1 is 1.60 bits per heavy atom. The highest BCUT2D eigenvalue weighted by molar-refractivity contribution is 9.10. The highest BCUT2D eigenvalue weighted by Gasteiger charge is 2.14. The molecular formula is C9H10BrClFNO2. The van der Waals surface area contributed by atoms with Crippen LogP contribution in [0, 0.1) is 5.82 Å². The normalized spacial score (nSPS) is 11.7. The van der Waals surface area contributed by atoms with Crippen LogP contribution >= 0.6 is 28.3 Å². The minimum atomic E-state index is -1.04. The Labute approximate surface area is 101 Å². The van der Waals surface area contributed by atoms with Crippen molar-refractivity contribution in [1.29, 1.82) is 0 Å². The van der Waals surface area contributed by atoms with Crippen LogP contribution in [0.15, 0.2) is 22.7 Å². The summed E-state index contributed by atoms with van der Waals surface area (Å²) in [5.74, 6) is -1.53. The second-order valence-electron chi connectivity index (χ2n) is 2.87. The third-order valence-electron chi connectivity index (χ3n) is 1.76. The van der Waals surface area contributed by atoms with Gasteiger partial charge in [-0.1, -0.05) is 22.0 Å². The molecule has 0 fully saturated rings. The third kappa shape index (κ3) is 4.15. The standard InChI is InChI=1S/C9H9BrFNO2.ClH/c10-5-1-2-6(7(11)3-5)8(12)4-9(13)14;/h1-3,8H,4,12H2,(H,13,14);1H/t8-;/m1./s1. The summed E-state index contributed by atoms with van der Waals surface area (Å²) in [5.41, 5.74) is 5.73. The van der Waals surface area contributed by atoms with Crippen molar-refractivity contribution in [2.24, 2.45) is 5.73 Å². The van der Waals surface area contributed by atoms with E-state index in [4.69, 9.17) is 10.8 Å². The van der Waals surface area contributed by atoms with Crippen LogP contribution in [0.25, 0.3) is 0 Å². The van der Waals surface area contributed by atoms with E-state index in [1.54, 1.807) is 6.07 Å². The summed E-state index contributed by atoms with van der Waals surface area (Å²) in [4.78, 5) is 10.3. The highest BCUT2D eigenvalue weighted by Crippen LogP contribution is 2.21. The van der Waals surface area contributed by atoms with Gasteiger partial charge in [0.1, 0.15) is 5.82 Å². The molecule has 0 radical (unpaired) electrons. The number of hydrogen-bond acceptors (Lipinski definition) is 2. The Morgan fingerprint density at radius 2 is 2.20 bits per heavy atom. The van der Waals surface area contributed by atoms with Gasteiger partial charge >= 0.3 is 5.97 Å². The van der Waals surface area contributed by atoms with Gasteiger partial charge in [-0.05, 0) is 12.1 Å². The average molecular weight is 299 g/mol. The van der Waals surface area contributed by atoms with Crippen LogP contribution in [0.2, 0.25) is 0 Å². The van der Waals surface area contributed by atoms with E-state index in [-0.39, 0.29) is 24.4 Å². The van der Waals surface area contributed by atoms with Gasteiger partial charge in [0.15, 0.2) is 0 Å². The lowest BCUT2D eigenvalue weighted by Crippen LogP contribution is -2.16. The zero-order chi connectivity index (χ0) is 10.7. The molecule has 0 bridgehead atoms. The maximum Gasteiger partial charge on any atom is 0.305 e. The topological polar surface area (TPSA) is 63.3 Å². The molecule has 0 unspecified atom stereocenters. The molecule has 0 saturated carbocycles. The zero-order valence-corrected chi connectivity index (χ0v) is 10.0. The van der Waals surface area contributed by atoms with Crippen molar-refractivity contribution < 1.29 is 14.3 Å². The first-order valence-electron chi connectivity index (χ1n) is 3.93. The number of carbonyl (C=O) groups is 1. The van der Waals surface area contributed by atoms with Crippen molar-refractivity contribution in [3.05, 3.63) is 34.1 Å². The van der Waals surface area contributed by atoms with Crippen molar-refractivity contribution in [3.8, 4) is 0 Å². The maximum atomic E-state index is 13.2. The molecule has 1 atom stereocenters. The van der Waals surface area contributed by atoms with E-state index >= 15 is 0 Å². The van der Waals surface area contributed by atoms with Crippen molar-refractivity contribution >= 4 is 34.3 Å². The van der Waals surface area contributed by atoms with Gasteiger partial charge < -0.3 is 10.8 Å². The van der Waals surface area contributed by atoms with Crippen molar-refractivity contribution in [3.63, 3.8) is 0 Å². The van der Waals surface area contributed by atoms with Gasteiger partial charge in [0.2, 0.25) is 0 Å². The molecule has 0 aliphatic carbocycles. The number of carboxylic acid groups (broad SMARTS) is 1. The molecule has 0 saturated heterocycles. The lowest BCUT2D eigenvalue weighted by molar-refractivity contribution is -0.137. The lowest BCUT2D eigenvalue weighted by Gasteiger charge is -2.10. The molecule has 0 aliphatic rings. The van der Waals surface area contributed by atoms with Crippen LogP contribution in [-0.2, 0) is 4.79 Å². The summed E-state index contributed by atoms with van der Waals surface area (Å²) < 4.78 is 13.8. The molecule has 0 amide bonds. The molecule has 0 heterocycles. The molecule has 6 heteroatoms. The fraction of sp³-hybridized carbons (Fsp3) is 0.222. The molecule has 0 aliphatic heterocycles. The first-order chi connectivity index (χ1) is 6.50. The predicted molar refractivity (Wildman–Crippen MR) is 60.5 cm³/mol. The summed E-state index contributed by atoms with van der Waals surface area (Å²) in [6.07, 6.45) is -0.279. The fourth-order valence-electron chi connectivity index (χ4n) is 1.10. The maximum absolute atomic E-state index is 13.2. The number of aliphatic carboxylic acids is 1. The van der Waals surface area contributed by atoms with Gasteiger partial charge in [0.25, 0.3) is 0 Å². The van der Waals surface area contributed by atoms with E-state index in [1.165, 1.54) is 12.1 Å². The van der Waals surface area contributed by atoms with E-state index in [0.717, 1.165) is 0 Å². The van der Waals surface area contributed by atoms with Crippen LogP contribution in [0.1, 0.15) is 18.0 Å². The van der Waals surface area contributed by atoms with Gasteiger partial charge in [-0.25, -0.2) is 4.39 Å². The number of benzene rings is 1. The van der Waals surface area contributed by atoms with Gasteiger partial charge in [0, 0.05) is 16.1 Å². The summed E-state index contributed by atoms with van der Waals surface area (Å²) in [6.45, 7) is 0. The second kappa shape index (κ2) is 6.05. The number of nitrogens with two attached hydrogens (primary N) is 1. The molecule has 3 nitrogen and oxygen atoms in total. The smallest absolute Gasteiger partial charge is 0.305 e. The van der Waals surface area contributed by atoms with Crippen molar-refractivity contribution in [2.45, 2.75) is 12.5 Å². The number of hydrogen-bond donors (Lipinski definition) is 2. The SMILES string of the molecule is Cl.N[C@H](CC(=O)O)c1ccc(Br)cc1F. The predicted octanol–water partition coefficient (Wildman–Crippen LogP) is 2.48. The van der Waals surface area contributed by atoms with E-state index in [1.807, 2.05) is 0 Å². The Kier molecular flexibility index (Phi) is 5.79. The van der Waals surface area contributed by atoms with E-state index in [2.05, 4.69) is 15.9 Å². The van der Waals surface area contributed by atoms with E-state index in [9.17, 15) is 9.18 Å². The van der Waals surface area contributed by atoms with Crippen molar-refractivity contribution in [1.82, 2.24) is 0 Å². The zero-order valence-electron chi connectivity index (χ0n) is 7.61. The summed E-state index contributed by atoms with van der Waals surface area (Å²) in [7, 11) is 0. The molecule has 1 aromatic carbocycles. The van der Waals surface area contributed by atoms with Crippen molar-refractivity contribution in [2.75, 3.05) is 0 Å². The molecule has 1 aromatic rings. The molecule has 0 aromatic heterocycles. The fourth-order valence-corrected chi connectivity index (χ4v) is 1.43. The quantitative estimate of drug-likeness (QED) is 0.901. The van der Waals surface area contributed by atoms with Gasteiger partial charge in [-0.15, -0.1) is 12.4 Å². The monoisotopic (exact) mass is 297 g/mol. The van der Waals surface area contributed by atoms with Gasteiger partial charge in [0.05, 0.1) is 6.42 Å². The van der Waals surface area contributed by atoms with Crippen LogP contribution in [-0.4, -0.2) is 11.1 Å². The van der Waals surface area contributed by atoms with Crippen LogP contribution < -0.4 is 5.73 Å². The molecule has 0 spiro atoms. The number of halogens is 3. The van der Waals surface area contributed by atoms with Gasteiger partial charge in [-0.2, -0.15) is 0 Å². The second-order valence-corrected chi connectivity index (χ2v) is 3.79. The van der Waals surface area contributed by atoms with Crippen LogP contribution in [0.4, 0.5) is 4.39 Å². The van der Waals surface area contributed by atoms with Crippen LogP contribution in [0.3, 0.4) is 0 Å². The van der Waals surface area contributed by atoms with E-state index < -0.39 is 17.8 Å². The summed E-state index contributed by atoms with van der Waals surface area (Å²) in [5, 5.41) is 8.48. The Bertz CT molecular complexity index is 362. The Hall–Kier alpha value is -0.650. The number of rotatable bonds is 3. The minimum Gasteiger partial charge on any atom is -0.481 e. The lowest BCUT2D eigenvalue weighted by atomic mass is 10.0. The molecule has 15 heavy (non-hydrogen) atoms. The summed E-state index contributed by atoms with van der Waals surface area (Å²) in [6, 6.07) is 3.56. The average Bonchev–Trinajstić information content (AvgIpc) is 2.01. The minimum absolute atomic E-state index is 0. The first-order valence-corrected chi connectivity index (χ1v) is 4.72. The molecule has 84 valence electrons.